The van der Waals surface area contributed by atoms with E-state index in [1.54, 1.807) is 30.6 Å². The summed E-state index contributed by atoms with van der Waals surface area (Å²) in [5, 5.41) is 0. The van der Waals surface area contributed by atoms with Gasteiger partial charge < -0.3 is 20.8 Å². The Hall–Kier alpha value is -3.16. The zero-order chi connectivity index (χ0) is 16.9. The van der Waals surface area contributed by atoms with Crippen LogP contribution < -0.4 is 16.2 Å². The number of unbranched alkanes of at least 4 members (excludes halogenated alkanes) is 1. The SMILES string of the molecule is NC(=O)c1ccc(OCCCCn2cnc3c(N)ncnc32)cc1. The van der Waals surface area contributed by atoms with Crippen LogP contribution in [0.25, 0.3) is 11.2 Å². The molecule has 0 fully saturated rings. The summed E-state index contributed by atoms with van der Waals surface area (Å²) >= 11 is 0. The molecule has 3 rings (SSSR count). The number of primary amides is 1. The number of carbonyl (C=O) groups excluding carboxylic acids is 1. The van der Waals surface area contributed by atoms with E-state index in [-0.39, 0.29) is 0 Å². The minimum Gasteiger partial charge on any atom is -0.494 e. The van der Waals surface area contributed by atoms with Gasteiger partial charge in [-0.05, 0) is 37.1 Å². The summed E-state index contributed by atoms with van der Waals surface area (Å²) in [5.41, 5.74) is 12.8. The number of rotatable bonds is 7. The molecule has 0 aliphatic rings. The largest absolute Gasteiger partial charge is 0.494 e. The van der Waals surface area contributed by atoms with E-state index in [0.29, 0.717) is 29.3 Å². The second kappa shape index (κ2) is 6.95. The molecule has 0 spiro atoms. The maximum atomic E-state index is 11.0. The fourth-order valence-electron chi connectivity index (χ4n) is 2.35. The highest BCUT2D eigenvalue weighted by Gasteiger charge is 2.07. The molecule has 0 bridgehead atoms. The number of nitrogens with zero attached hydrogens (tertiary/aromatic N) is 4. The van der Waals surface area contributed by atoms with Crippen molar-refractivity contribution >= 4 is 22.9 Å². The number of benzene rings is 1. The number of aromatic nitrogens is 4. The Balaban J connectivity index is 1.47. The van der Waals surface area contributed by atoms with E-state index >= 15 is 0 Å². The van der Waals surface area contributed by atoms with Crippen LogP contribution in [0.15, 0.2) is 36.9 Å². The van der Waals surface area contributed by atoms with Crippen LogP contribution in [0.1, 0.15) is 23.2 Å². The molecule has 1 aromatic carbocycles. The highest BCUT2D eigenvalue weighted by Crippen LogP contribution is 2.15. The number of nitrogens with two attached hydrogens (primary N) is 2. The molecule has 3 aromatic rings. The Kier molecular flexibility index (Phi) is 4.55. The number of fused-ring (bicyclic) bond motifs is 1. The first-order chi connectivity index (χ1) is 11.6. The van der Waals surface area contributed by atoms with Crippen LogP contribution in [0.2, 0.25) is 0 Å². The van der Waals surface area contributed by atoms with Gasteiger partial charge in [0.05, 0.1) is 12.9 Å². The topological polar surface area (TPSA) is 122 Å². The standard InChI is InChI=1S/C16H18N6O2/c17-14-13-16(20-9-19-14)22(10-21-13)7-1-2-8-24-12-5-3-11(4-6-12)15(18)23/h3-6,9-10H,1-2,7-8H2,(H2,18,23)(H2,17,19,20). The van der Waals surface area contributed by atoms with Gasteiger partial charge in [-0.15, -0.1) is 0 Å². The average molecular weight is 326 g/mol. The van der Waals surface area contributed by atoms with Crippen LogP contribution in [-0.2, 0) is 6.54 Å². The van der Waals surface area contributed by atoms with Crippen molar-refractivity contribution in [2.75, 3.05) is 12.3 Å². The molecule has 24 heavy (non-hydrogen) atoms. The lowest BCUT2D eigenvalue weighted by Crippen LogP contribution is -2.10. The molecule has 8 heteroatoms. The molecule has 0 saturated heterocycles. The first-order valence-electron chi connectivity index (χ1n) is 7.59. The van der Waals surface area contributed by atoms with E-state index in [1.807, 2.05) is 4.57 Å². The summed E-state index contributed by atoms with van der Waals surface area (Å²) in [7, 11) is 0. The number of amides is 1. The molecular weight excluding hydrogens is 308 g/mol. The number of hydrogen-bond acceptors (Lipinski definition) is 6. The Morgan fingerprint density at radius 3 is 2.67 bits per heavy atom. The van der Waals surface area contributed by atoms with Crippen molar-refractivity contribution < 1.29 is 9.53 Å². The second-order valence-electron chi connectivity index (χ2n) is 5.31. The number of ether oxygens (including phenoxy) is 1. The third-order valence-corrected chi connectivity index (χ3v) is 3.63. The van der Waals surface area contributed by atoms with Gasteiger partial charge in [0.25, 0.3) is 0 Å². The highest BCUT2D eigenvalue weighted by atomic mass is 16.5. The third kappa shape index (κ3) is 3.43. The first-order valence-corrected chi connectivity index (χ1v) is 7.59. The Labute approximate surface area is 138 Å². The van der Waals surface area contributed by atoms with Crippen LogP contribution in [0.3, 0.4) is 0 Å². The Morgan fingerprint density at radius 1 is 1.12 bits per heavy atom. The van der Waals surface area contributed by atoms with Gasteiger partial charge in [0.2, 0.25) is 5.91 Å². The van der Waals surface area contributed by atoms with Gasteiger partial charge in [0.1, 0.15) is 17.6 Å². The predicted octanol–water partition coefficient (Wildman–Crippen LogP) is 1.37. The summed E-state index contributed by atoms with van der Waals surface area (Å²) in [6, 6.07) is 6.78. The van der Waals surface area contributed by atoms with E-state index in [2.05, 4.69) is 15.0 Å². The van der Waals surface area contributed by atoms with Crippen LogP contribution in [0.4, 0.5) is 5.82 Å². The smallest absolute Gasteiger partial charge is 0.248 e. The van der Waals surface area contributed by atoms with Crippen LogP contribution >= 0.6 is 0 Å². The summed E-state index contributed by atoms with van der Waals surface area (Å²) in [6.45, 7) is 1.36. The van der Waals surface area contributed by atoms with E-state index < -0.39 is 5.91 Å². The van der Waals surface area contributed by atoms with Gasteiger partial charge in [-0.1, -0.05) is 0 Å². The summed E-state index contributed by atoms with van der Waals surface area (Å²) in [6.07, 6.45) is 4.94. The molecule has 0 aliphatic heterocycles. The molecule has 0 atom stereocenters. The van der Waals surface area contributed by atoms with Crippen molar-refractivity contribution in [2.24, 2.45) is 5.73 Å². The Bertz CT molecular complexity index is 843. The molecule has 0 unspecified atom stereocenters. The molecule has 4 N–H and O–H groups in total. The lowest BCUT2D eigenvalue weighted by atomic mass is 10.2. The lowest BCUT2D eigenvalue weighted by Gasteiger charge is -2.07. The minimum atomic E-state index is -0.446. The van der Waals surface area contributed by atoms with Gasteiger partial charge in [0.15, 0.2) is 11.5 Å². The zero-order valence-electron chi connectivity index (χ0n) is 13.1. The van der Waals surface area contributed by atoms with E-state index in [0.717, 1.165) is 25.0 Å². The second-order valence-corrected chi connectivity index (χ2v) is 5.31. The number of hydrogen-bond donors (Lipinski definition) is 2. The van der Waals surface area contributed by atoms with Crippen molar-refractivity contribution in [1.29, 1.82) is 0 Å². The lowest BCUT2D eigenvalue weighted by molar-refractivity contribution is 0.100. The number of aryl methyl sites for hydroxylation is 1. The van der Waals surface area contributed by atoms with Crippen molar-refractivity contribution in [1.82, 2.24) is 19.5 Å². The maximum absolute atomic E-state index is 11.0. The van der Waals surface area contributed by atoms with Gasteiger partial charge in [0, 0.05) is 12.1 Å². The minimum absolute atomic E-state index is 0.390. The van der Waals surface area contributed by atoms with Crippen LogP contribution in [-0.4, -0.2) is 32.0 Å². The molecular formula is C16H18N6O2. The third-order valence-electron chi connectivity index (χ3n) is 3.63. The Morgan fingerprint density at radius 2 is 1.92 bits per heavy atom. The van der Waals surface area contributed by atoms with E-state index in [4.69, 9.17) is 16.2 Å². The normalized spacial score (nSPS) is 10.8. The molecule has 2 aromatic heterocycles. The number of nitrogen functional groups attached to an aromatic ring is 1. The van der Waals surface area contributed by atoms with Crippen molar-refractivity contribution in [3.8, 4) is 5.75 Å². The summed E-state index contributed by atoms with van der Waals surface area (Å²) in [4.78, 5) is 23.4. The average Bonchev–Trinajstić information content (AvgIpc) is 3.00. The molecule has 124 valence electrons. The fraction of sp³-hybridized carbons (Fsp3) is 0.250. The number of imidazole rings is 1. The molecule has 8 nitrogen and oxygen atoms in total. The zero-order valence-corrected chi connectivity index (χ0v) is 13.1. The molecule has 0 radical (unpaired) electrons. The fourth-order valence-corrected chi connectivity index (χ4v) is 2.35. The highest BCUT2D eigenvalue weighted by molar-refractivity contribution is 5.92. The molecule has 0 saturated carbocycles. The maximum Gasteiger partial charge on any atom is 0.248 e. The van der Waals surface area contributed by atoms with E-state index in [9.17, 15) is 4.79 Å². The number of carbonyl (C=O) groups is 1. The summed E-state index contributed by atoms with van der Waals surface area (Å²) in [5.74, 6) is 0.661. The van der Waals surface area contributed by atoms with Gasteiger partial charge in [-0.3, -0.25) is 4.79 Å². The molecule has 0 aliphatic carbocycles. The molecule has 1 amide bonds. The summed E-state index contributed by atoms with van der Waals surface area (Å²) < 4.78 is 7.60. The van der Waals surface area contributed by atoms with E-state index in [1.165, 1.54) is 6.33 Å². The quantitative estimate of drug-likeness (QED) is 0.632. The van der Waals surface area contributed by atoms with Crippen LogP contribution in [0, 0.1) is 0 Å². The van der Waals surface area contributed by atoms with Crippen LogP contribution in [0.5, 0.6) is 5.75 Å². The van der Waals surface area contributed by atoms with Gasteiger partial charge in [-0.25, -0.2) is 15.0 Å². The molecule has 2 heterocycles. The first kappa shape index (κ1) is 15.7. The van der Waals surface area contributed by atoms with Crippen molar-refractivity contribution in [3.63, 3.8) is 0 Å². The van der Waals surface area contributed by atoms with Gasteiger partial charge >= 0.3 is 0 Å². The van der Waals surface area contributed by atoms with Gasteiger partial charge in [-0.2, -0.15) is 0 Å². The van der Waals surface area contributed by atoms with Crippen molar-refractivity contribution in [3.05, 3.63) is 42.5 Å². The monoisotopic (exact) mass is 326 g/mol. The number of anilines is 1. The van der Waals surface area contributed by atoms with Crippen molar-refractivity contribution in [2.45, 2.75) is 19.4 Å². The predicted molar refractivity (Wildman–Crippen MR) is 89.4 cm³/mol.